The van der Waals surface area contributed by atoms with E-state index >= 15 is 0 Å². The van der Waals surface area contributed by atoms with Crippen LogP contribution in [0.1, 0.15) is 12.5 Å². The van der Waals surface area contributed by atoms with Crippen LogP contribution >= 0.6 is 27.5 Å². The molecule has 0 atom stereocenters. The summed E-state index contributed by atoms with van der Waals surface area (Å²) in [5.74, 6) is 1.11. The summed E-state index contributed by atoms with van der Waals surface area (Å²) in [6.45, 7) is 1.70. The fourth-order valence-electron chi connectivity index (χ4n) is 1.45. The molecule has 0 N–H and O–H groups in total. The third-order valence-corrected chi connectivity index (χ3v) is 5.03. The molecule has 4 nitrogen and oxygen atoms in total. The van der Waals surface area contributed by atoms with Crippen LogP contribution in [0.4, 0.5) is 0 Å². The van der Waals surface area contributed by atoms with E-state index in [1.165, 1.54) is 7.11 Å². The molecule has 0 amide bonds. The second-order valence-corrected chi connectivity index (χ2v) is 7.28. The number of ether oxygens (including phenoxy) is 2. The second-order valence-electron chi connectivity index (χ2n) is 3.81. The van der Waals surface area contributed by atoms with Crippen LogP contribution in [-0.4, -0.2) is 33.6 Å². The highest BCUT2D eigenvalue weighted by Gasteiger charge is 2.14. The van der Waals surface area contributed by atoms with Gasteiger partial charge in [-0.15, -0.1) is 0 Å². The van der Waals surface area contributed by atoms with Gasteiger partial charge in [0.05, 0.1) is 12.9 Å². The number of benzene rings is 1. The van der Waals surface area contributed by atoms with Crippen LogP contribution in [0, 0.1) is 0 Å². The highest BCUT2D eigenvalue weighted by Crippen LogP contribution is 2.35. The maximum atomic E-state index is 11.4. The maximum Gasteiger partial charge on any atom is 0.165 e. The van der Waals surface area contributed by atoms with Crippen molar-refractivity contribution in [3.63, 3.8) is 0 Å². The summed E-state index contributed by atoms with van der Waals surface area (Å²) in [4.78, 5) is 0. The van der Waals surface area contributed by atoms with Crippen LogP contribution < -0.4 is 9.47 Å². The molecular weight excluding hydrogens is 356 g/mol. The first-order chi connectivity index (χ1) is 8.93. The van der Waals surface area contributed by atoms with E-state index in [9.17, 15) is 8.42 Å². The molecule has 7 heteroatoms. The van der Waals surface area contributed by atoms with Crippen LogP contribution in [0.2, 0.25) is 5.02 Å². The zero-order chi connectivity index (χ0) is 14.5. The zero-order valence-corrected chi connectivity index (χ0v) is 13.9. The lowest BCUT2D eigenvalue weighted by molar-refractivity contribution is 0.309. The Balaban J connectivity index is 2.88. The van der Waals surface area contributed by atoms with Crippen molar-refractivity contribution in [2.75, 3.05) is 25.2 Å². The lowest BCUT2D eigenvalue weighted by Crippen LogP contribution is -2.16. The largest absolute Gasteiger partial charge is 0.493 e. The van der Waals surface area contributed by atoms with Gasteiger partial charge in [-0.25, -0.2) is 8.42 Å². The van der Waals surface area contributed by atoms with Crippen LogP contribution in [0.3, 0.4) is 0 Å². The molecule has 108 valence electrons. The van der Waals surface area contributed by atoms with Gasteiger partial charge in [0.1, 0.15) is 6.61 Å². The summed E-state index contributed by atoms with van der Waals surface area (Å²) < 4.78 is 33.6. The highest BCUT2D eigenvalue weighted by atomic mass is 79.9. The normalized spacial score (nSPS) is 11.4. The summed E-state index contributed by atoms with van der Waals surface area (Å²) in [6.07, 6.45) is 0. The van der Waals surface area contributed by atoms with Gasteiger partial charge in [-0.05, 0) is 6.07 Å². The highest BCUT2D eigenvalue weighted by molar-refractivity contribution is 9.08. The molecule has 0 heterocycles. The van der Waals surface area contributed by atoms with Crippen molar-refractivity contribution >= 4 is 37.4 Å². The monoisotopic (exact) mass is 370 g/mol. The molecule has 0 aliphatic rings. The zero-order valence-electron chi connectivity index (χ0n) is 10.8. The van der Waals surface area contributed by atoms with Crippen molar-refractivity contribution < 1.29 is 17.9 Å². The van der Waals surface area contributed by atoms with Crippen molar-refractivity contribution in [1.82, 2.24) is 0 Å². The van der Waals surface area contributed by atoms with Gasteiger partial charge in [-0.1, -0.05) is 34.5 Å². The summed E-state index contributed by atoms with van der Waals surface area (Å²) >= 11 is 9.29. The second kappa shape index (κ2) is 7.36. The number of halogens is 2. The minimum Gasteiger partial charge on any atom is -0.493 e. The van der Waals surface area contributed by atoms with Gasteiger partial charge in [-0.3, -0.25) is 0 Å². The number of methoxy groups -OCH3 is 1. The molecule has 1 rings (SSSR count). The fraction of sp³-hybridized carbons (Fsp3) is 0.500. The summed E-state index contributed by atoms with van der Waals surface area (Å²) in [5.41, 5.74) is 0.818. The molecule has 19 heavy (non-hydrogen) atoms. The third kappa shape index (κ3) is 4.85. The smallest absolute Gasteiger partial charge is 0.165 e. The van der Waals surface area contributed by atoms with E-state index in [4.69, 9.17) is 21.1 Å². The van der Waals surface area contributed by atoms with Crippen molar-refractivity contribution in [3.05, 3.63) is 22.7 Å². The Morgan fingerprint density at radius 2 is 2.05 bits per heavy atom. The molecule has 0 saturated carbocycles. The summed E-state index contributed by atoms with van der Waals surface area (Å²) in [6, 6.07) is 3.39. The number of alkyl halides is 1. The number of sulfone groups is 1. The number of rotatable bonds is 7. The third-order valence-electron chi connectivity index (χ3n) is 2.54. The van der Waals surface area contributed by atoms with E-state index < -0.39 is 9.84 Å². The number of hydrogen-bond acceptors (Lipinski definition) is 4. The molecule has 0 fully saturated rings. The first-order valence-electron chi connectivity index (χ1n) is 5.69. The Kier molecular flexibility index (Phi) is 6.42. The summed E-state index contributed by atoms with van der Waals surface area (Å²) in [7, 11) is -1.53. The van der Waals surface area contributed by atoms with Crippen LogP contribution in [0.5, 0.6) is 11.5 Å². The van der Waals surface area contributed by atoms with Gasteiger partial charge >= 0.3 is 0 Å². The molecule has 0 unspecified atom stereocenters. The lowest BCUT2D eigenvalue weighted by atomic mass is 10.2. The Morgan fingerprint density at radius 1 is 1.37 bits per heavy atom. The molecule has 0 aromatic heterocycles. The maximum absolute atomic E-state index is 11.4. The molecule has 0 saturated heterocycles. The summed E-state index contributed by atoms with van der Waals surface area (Å²) in [5, 5.41) is 1.08. The quantitative estimate of drug-likeness (QED) is 0.691. The molecule has 0 bridgehead atoms. The van der Waals surface area contributed by atoms with Gasteiger partial charge in [0.25, 0.3) is 0 Å². The minimum atomic E-state index is -3.04. The van der Waals surface area contributed by atoms with Gasteiger partial charge in [0.2, 0.25) is 0 Å². The van der Waals surface area contributed by atoms with Crippen molar-refractivity contribution in [1.29, 1.82) is 0 Å². The van der Waals surface area contributed by atoms with Crippen molar-refractivity contribution in [3.8, 4) is 11.5 Å². The average Bonchev–Trinajstić information content (AvgIpc) is 2.39. The van der Waals surface area contributed by atoms with Crippen LogP contribution in [0.25, 0.3) is 0 Å². The van der Waals surface area contributed by atoms with Gasteiger partial charge in [0, 0.05) is 27.7 Å². The van der Waals surface area contributed by atoms with E-state index in [1.54, 1.807) is 19.1 Å². The standard InChI is InChI=1S/C12H16BrClO4S/c1-3-19(15,16)5-4-18-12-9(8-13)6-10(14)7-11(12)17-2/h6-7H,3-5,8H2,1-2H3. The fourth-order valence-corrected chi connectivity index (χ4v) is 2.73. The average molecular weight is 372 g/mol. The Labute approximate surface area is 127 Å². The predicted molar refractivity (Wildman–Crippen MR) is 80.5 cm³/mol. The molecule has 0 spiro atoms. The first-order valence-corrected chi connectivity index (χ1v) is 9.01. The Morgan fingerprint density at radius 3 is 2.58 bits per heavy atom. The number of hydrogen-bond donors (Lipinski definition) is 0. The van der Waals surface area contributed by atoms with Gasteiger partial charge < -0.3 is 9.47 Å². The van der Waals surface area contributed by atoms with E-state index in [0.717, 1.165) is 5.56 Å². The van der Waals surface area contributed by atoms with Crippen molar-refractivity contribution in [2.24, 2.45) is 0 Å². The van der Waals surface area contributed by atoms with Gasteiger partial charge in [0.15, 0.2) is 21.3 Å². The molecule has 0 aliphatic heterocycles. The SMILES string of the molecule is CCS(=O)(=O)CCOc1c(CBr)cc(Cl)cc1OC. The van der Waals surface area contributed by atoms with Crippen LogP contribution in [-0.2, 0) is 15.2 Å². The van der Waals surface area contributed by atoms with Crippen molar-refractivity contribution in [2.45, 2.75) is 12.3 Å². The Bertz CT molecular complexity index is 506. The molecule has 0 radical (unpaired) electrons. The molecule has 1 aromatic carbocycles. The van der Waals surface area contributed by atoms with E-state index in [1.807, 2.05) is 0 Å². The Hall–Kier alpha value is -0.460. The molecule has 1 aromatic rings. The predicted octanol–water partition coefficient (Wildman–Crippen LogP) is 3.06. The van der Waals surface area contributed by atoms with E-state index in [0.29, 0.717) is 21.9 Å². The minimum absolute atomic E-state index is 0.0169. The van der Waals surface area contributed by atoms with E-state index in [2.05, 4.69) is 15.9 Å². The lowest BCUT2D eigenvalue weighted by Gasteiger charge is -2.14. The van der Waals surface area contributed by atoms with Gasteiger partial charge in [-0.2, -0.15) is 0 Å². The first kappa shape index (κ1) is 16.6. The molecule has 0 aliphatic carbocycles. The molecular formula is C12H16BrClO4S. The van der Waals surface area contributed by atoms with E-state index in [-0.39, 0.29) is 18.1 Å². The topological polar surface area (TPSA) is 52.6 Å². The van der Waals surface area contributed by atoms with Crippen LogP contribution in [0.15, 0.2) is 12.1 Å².